The second kappa shape index (κ2) is 6.37. The molecule has 0 saturated carbocycles. The van der Waals surface area contributed by atoms with Crippen LogP contribution >= 0.6 is 15.9 Å². The fraction of sp³-hybridized carbons (Fsp3) is 0.0556. The van der Waals surface area contributed by atoms with E-state index in [4.69, 9.17) is 4.74 Å². The first-order valence-corrected chi connectivity index (χ1v) is 9.73. The monoisotopic (exact) mass is 404 g/mol. The van der Waals surface area contributed by atoms with Crippen molar-refractivity contribution < 1.29 is 17.9 Å². The molecule has 0 N–H and O–H groups in total. The maximum Gasteiger partial charge on any atom is 0.343 e. The van der Waals surface area contributed by atoms with Crippen LogP contribution < -0.4 is 0 Å². The number of hydrogen-bond donors (Lipinski definition) is 0. The van der Waals surface area contributed by atoms with E-state index >= 15 is 0 Å². The van der Waals surface area contributed by atoms with Gasteiger partial charge < -0.3 is 4.74 Å². The van der Waals surface area contributed by atoms with Crippen LogP contribution in [0.25, 0.3) is 5.57 Å². The van der Waals surface area contributed by atoms with Crippen LogP contribution in [0.3, 0.4) is 0 Å². The van der Waals surface area contributed by atoms with E-state index in [1.54, 1.807) is 18.2 Å². The third-order valence-electron chi connectivity index (χ3n) is 3.60. The summed E-state index contributed by atoms with van der Waals surface area (Å²) in [7, 11) is -3.27. The zero-order valence-corrected chi connectivity index (χ0v) is 15.1. The average molecular weight is 405 g/mol. The van der Waals surface area contributed by atoms with Crippen LogP contribution in [0.4, 0.5) is 0 Å². The summed E-state index contributed by atoms with van der Waals surface area (Å²) >= 11 is 3.39. The van der Waals surface area contributed by atoms with Crippen molar-refractivity contribution in [2.24, 2.45) is 0 Å². The number of hydrogen-bond acceptors (Lipinski definition) is 4. The van der Waals surface area contributed by atoms with Crippen molar-refractivity contribution >= 4 is 37.3 Å². The summed E-state index contributed by atoms with van der Waals surface area (Å²) in [6, 6.07) is 14.0. The van der Waals surface area contributed by atoms with Crippen molar-refractivity contribution in [3.63, 3.8) is 0 Å². The first-order valence-electron chi connectivity index (χ1n) is 7.04. The van der Waals surface area contributed by atoms with Gasteiger partial charge in [0, 0.05) is 16.3 Å². The summed E-state index contributed by atoms with van der Waals surface area (Å²) in [6.07, 6.45) is 4.12. The van der Waals surface area contributed by atoms with Crippen LogP contribution in [0, 0.1) is 0 Å². The highest BCUT2D eigenvalue weighted by Crippen LogP contribution is 2.31. The van der Waals surface area contributed by atoms with E-state index in [1.165, 1.54) is 18.4 Å². The van der Waals surface area contributed by atoms with Gasteiger partial charge in [0.15, 0.2) is 9.84 Å². The molecule has 2 aromatic carbocycles. The highest BCUT2D eigenvalue weighted by molar-refractivity contribution is 9.10. The lowest BCUT2D eigenvalue weighted by molar-refractivity contribution is -0.132. The van der Waals surface area contributed by atoms with Crippen molar-refractivity contribution in [1.82, 2.24) is 0 Å². The fourth-order valence-corrected chi connectivity index (χ4v) is 3.34. The summed E-state index contributed by atoms with van der Waals surface area (Å²) in [4.78, 5) is 12.2. The Hall–Kier alpha value is -2.18. The van der Waals surface area contributed by atoms with E-state index in [1.807, 2.05) is 24.3 Å². The third kappa shape index (κ3) is 3.34. The van der Waals surface area contributed by atoms with Gasteiger partial charge in [-0.15, -0.1) is 0 Å². The molecule has 0 spiro atoms. The highest BCUT2D eigenvalue weighted by atomic mass is 79.9. The van der Waals surface area contributed by atoms with E-state index in [2.05, 4.69) is 15.9 Å². The van der Waals surface area contributed by atoms with E-state index in [0.717, 1.165) is 21.9 Å². The van der Waals surface area contributed by atoms with Gasteiger partial charge in [0.05, 0.1) is 16.7 Å². The predicted octanol–water partition coefficient (Wildman–Crippen LogP) is 3.73. The molecule has 0 aliphatic carbocycles. The lowest BCUT2D eigenvalue weighted by atomic mass is 9.93. The Morgan fingerprint density at radius 3 is 1.96 bits per heavy atom. The topological polar surface area (TPSA) is 60.4 Å². The Morgan fingerprint density at radius 1 is 0.958 bits per heavy atom. The van der Waals surface area contributed by atoms with E-state index in [-0.39, 0.29) is 4.90 Å². The summed E-state index contributed by atoms with van der Waals surface area (Å²) in [5, 5.41) is 0. The molecule has 0 amide bonds. The first kappa shape index (κ1) is 16.7. The SMILES string of the molecule is CS(=O)(=O)c1ccc(C(=C2C=COC2=O)c2ccc(Br)cc2)cc1. The minimum atomic E-state index is -3.27. The highest BCUT2D eigenvalue weighted by Gasteiger charge is 2.21. The van der Waals surface area contributed by atoms with Gasteiger partial charge in [0.1, 0.15) is 0 Å². The number of carbonyl (C=O) groups excluding carboxylic acids is 1. The molecule has 2 aromatic rings. The molecule has 0 aromatic heterocycles. The molecule has 122 valence electrons. The summed E-state index contributed by atoms with van der Waals surface area (Å²) in [6.45, 7) is 0. The van der Waals surface area contributed by atoms with Crippen molar-refractivity contribution in [2.75, 3.05) is 6.26 Å². The van der Waals surface area contributed by atoms with Crippen molar-refractivity contribution in [2.45, 2.75) is 4.90 Å². The Balaban J connectivity index is 2.18. The molecular weight excluding hydrogens is 392 g/mol. The van der Waals surface area contributed by atoms with Gasteiger partial charge in [-0.3, -0.25) is 0 Å². The molecule has 0 saturated heterocycles. The second-order valence-corrected chi connectivity index (χ2v) is 8.23. The number of benzene rings is 2. The molecule has 0 fully saturated rings. The largest absolute Gasteiger partial charge is 0.431 e. The smallest absolute Gasteiger partial charge is 0.343 e. The van der Waals surface area contributed by atoms with E-state index in [0.29, 0.717) is 11.1 Å². The number of rotatable bonds is 3. The molecular formula is C18H13BrO4S. The van der Waals surface area contributed by atoms with Gasteiger partial charge in [0.25, 0.3) is 0 Å². The Morgan fingerprint density at radius 2 is 1.50 bits per heavy atom. The Kier molecular flexibility index (Phi) is 4.43. The maximum absolute atomic E-state index is 12.0. The van der Waals surface area contributed by atoms with E-state index in [9.17, 15) is 13.2 Å². The van der Waals surface area contributed by atoms with Crippen molar-refractivity contribution in [1.29, 1.82) is 0 Å². The fourth-order valence-electron chi connectivity index (χ4n) is 2.44. The van der Waals surface area contributed by atoms with Crippen LogP contribution in [0.15, 0.2) is 75.8 Å². The normalized spacial score (nSPS) is 16.2. The molecule has 0 unspecified atom stereocenters. The number of cyclic esters (lactones) is 1. The van der Waals surface area contributed by atoms with Gasteiger partial charge in [0.2, 0.25) is 0 Å². The van der Waals surface area contributed by atoms with Gasteiger partial charge in [-0.1, -0.05) is 40.2 Å². The number of sulfone groups is 1. The standard InChI is InChI=1S/C18H13BrO4S/c1-24(21,22)15-8-4-13(5-9-15)17(16-10-11-23-18(16)20)12-2-6-14(19)7-3-12/h2-11H,1H3. The average Bonchev–Trinajstić information content (AvgIpc) is 2.95. The molecule has 3 rings (SSSR count). The summed E-state index contributed by atoms with van der Waals surface area (Å²) < 4.78 is 29.1. The lowest BCUT2D eigenvalue weighted by Gasteiger charge is -2.11. The molecule has 1 heterocycles. The zero-order chi connectivity index (χ0) is 17.3. The third-order valence-corrected chi connectivity index (χ3v) is 5.26. The van der Waals surface area contributed by atoms with Crippen LogP contribution in [0.5, 0.6) is 0 Å². The Bertz CT molecular complexity index is 953. The molecule has 24 heavy (non-hydrogen) atoms. The van der Waals surface area contributed by atoms with Gasteiger partial charge in [-0.05, 0) is 41.5 Å². The van der Waals surface area contributed by atoms with Crippen LogP contribution in [0.2, 0.25) is 0 Å². The minimum Gasteiger partial charge on any atom is -0.431 e. The zero-order valence-electron chi connectivity index (χ0n) is 12.7. The van der Waals surface area contributed by atoms with Crippen LogP contribution in [-0.4, -0.2) is 20.6 Å². The number of esters is 1. The molecule has 1 aliphatic heterocycles. The first-order chi connectivity index (χ1) is 11.4. The number of halogens is 1. The second-order valence-electron chi connectivity index (χ2n) is 5.30. The maximum atomic E-state index is 12.0. The van der Waals surface area contributed by atoms with Crippen LogP contribution in [0.1, 0.15) is 11.1 Å². The molecule has 0 bridgehead atoms. The molecule has 1 aliphatic rings. The summed E-state index contributed by atoms with van der Waals surface area (Å²) in [5.74, 6) is -0.430. The van der Waals surface area contributed by atoms with Gasteiger partial charge in [-0.25, -0.2) is 13.2 Å². The number of carbonyl (C=O) groups is 1. The molecule has 4 nitrogen and oxygen atoms in total. The minimum absolute atomic E-state index is 0.232. The molecule has 0 atom stereocenters. The summed E-state index contributed by atoms with van der Waals surface area (Å²) in [5.41, 5.74) is 2.71. The number of ether oxygens (including phenoxy) is 1. The lowest BCUT2D eigenvalue weighted by Crippen LogP contribution is -2.02. The van der Waals surface area contributed by atoms with Crippen LogP contribution in [-0.2, 0) is 19.4 Å². The van der Waals surface area contributed by atoms with Gasteiger partial charge in [-0.2, -0.15) is 0 Å². The Labute approximate surface area is 148 Å². The van der Waals surface area contributed by atoms with Crippen molar-refractivity contribution in [3.05, 3.63) is 82.0 Å². The predicted molar refractivity (Wildman–Crippen MR) is 94.9 cm³/mol. The van der Waals surface area contributed by atoms with Crippen molar-refractivity contribution in [3.8, 4) is 0 Å². The quantitative estimate of drug-likeness (QED) is 0.577. The molecule has 0 radical (unpaired) electrons. The van der Waals surface area contributed by atoms with Gasteiger partial charge >= 0.3 is 5.97 Å². The molecule has 6 heteroatoms. The van der Waals surface area contributed by atoms with E-state index < -0.39 is 15.8 Å².